The molecule has 0 spiro atoms. The average Bonchev–Trinajstić information content (AvgIpc) is 2.55. The van der Waals surface area contributed by atoms with Gasteiger partial charge in [0.2, 0.25) is 0 Å². The molecule has 0 saturated heterocycles. The predicted molar refractivity (Wildman–Crippen MR) is 105 cm³/mol. The van der Waals surface area contributed by atoms with E-state index in [9.17, 15) is 13.2 Å². The summed E-state index contributed by atoms with van der Waals surface area (Å²) in [4.78, 5) is 12.5. The first-order valence-electron chi connectivity index (χ1n) is 8.80. The second-order valence-electron chi connectivity index (χ2n) is 7.20. The molecule has 0 aliphatic carbocycles. The molecule has 146 valence electrons. The lowest BCUT2D eigenvalue weighted by Gasteiger charge is -2.21. The number of sulfonamides is 1. The molecular formula is C19H26N4O3S. The topological polar surface area (TPSA) is 101 Å². The zero-order valence-corrected chi connectivity index (χ0v) is 17.3. The van der Waals surface area contributed by atoms with Crippen molar-refractivity contribution < 1.29 is 13.2 Å². The van der Waals surface area contributed by atoms with Gasteiger partial charge in [-0.1, -0.05) is 45.4 Å². The second kappa shape index (κ2) is 8.04. The van der Waals surface area contributed by atoms with Crippen LogP contribution in [0.2, 0.25) is 0 Å². The molecule has 0 aliphatic rings. The molecule has 8 heteroatoms. The fourth-order valence-corrected chi connectivity index (χ4v) is 3.54. The van der Waals surface area contributed by atoms with Crippen LogP contribution in [0.3, 0.4) is 0 Å². The Morgan fingerprint density at radius 2 is 1.52 bits per heavy atom. The van der Waals surface area contributed by atoms with E-state index < -0.39 is 16.1 Å². The number of carbonyl (C=O) groups is 1. The van der Waals surface area contributed by atoms with E-state index in [4.69, 9.17) is 0 Å². The van der Waals surface area contributed by atoms with Crippen LogP contribution in [0, 0.1) is 13.8 Å². The molecule has 0 unspecified atom stereocenters. The maximum atomic E-state index is 12.5. The Kier molecular flexibility index (Phi) is 6.20. The van der Waals surface area contributed by atoms with E-state index >= 15 is 0 Å². The smallest absolute Gasteiger partial charge is 0.307 e. The summed E-state index contributed by atoms with van der Waals surface area (Å²) >= 11 is 0. The summed E-state index contributed by atoms with van der Waals surface area (Å²) in [6.07, 6.45) is 0. The molecule has 1 heterocycles. The van der Waals surface area contributed by atoms with Crippen LogP contribution >= 0.6 is 0 Å². The van der Waals surface area contributed by atoms with Gasteiger partial charge in [0, 0.05) is 5.69 Å². The van der Waals surface area contributed by atoms with Gasteiger partial charge in [0.1, 0.15) is 0 Å². The van der Waals surface area contributed by atoms with E-state index in [1.807, 2.05) is 51.5 Å². The van der Waals surface area contributed by atoms with Gasteiger partial charge in [-0.3, -0.25) is 0 Å². The van der Waals surface area contributed by atoms with Gasteiger partial charge in [-0.05, 0) is 48.9 Å². The Hall–Kier alpha value is -2.48. The van der Waals surface area contributed by atoms with Gasteiger partial charge in [-0.25, -0.2) is 9.52 Å². The number of anilines is 1. The average molecular weight is 391 g/mol. The molecule has 0 bridgehead atoms. The number of nitrogens with one attached hydrogen (secondary N) is 2. The standard InChI is InChI=1S/C19H26N4O3S/c1-11(2)15-9-13(5)10-16(12(3)4)18(15)20-19(24)23-27(25,26)17-8-7-14(6)21-22-17/h7-12H,1-6H3,(H2,20,23,24). The van der Waals surface area contributed by atoms with E-state index in [1.54, 1.807) is 6.92 Å². The molecule has 2 rings (SSSR count). The van der Waals surface area contributed by atoms with Crippen molar-refractivity contribution in [2.45, 2.75) is 58.4 Å². The number of aromatic nitrogens is 2. The minimum Gasteiger partial charge on any atom is -0.307 e. The molecule has 2 N–H and O–H groups in total. The lowest BCUT2D eigenvalue weighted by molar-refractivity contribution is 0.256. The summed E-state index contributed by atoms with van der Waals surface area (Å²) < 4.78 is 26.7. The fraction of sp³-hybridized carbons (Fsp3) is 0.421. The lowest BCUT2D eigenvalue weighted by Crippen LogP contribution is -2.35. The monoisotopic (exact) mass is 390 g/mol. The minimum atomic E-state index is -4.11. The van der Waals surface area contributed by atoms with Crippen LogP contribution in [-0.4, -0.2) is 24.6 Å². The molecule has 0 fully saturated rings. The van der Waals surface area contributed by atoms with Gasteiger partial charge in [0.25, 0.3) is 10.0 Å². The molecule has 2 amide bonds. The van der Waals surface area contributed by atoms with Crippen molar-refractivity contribution in [2.75, 3.05) is 5.32 Å². The van der Waals surface area contributed by atoms with E-state index in [2.05, 4.69) is 15.5 Å². The van der Waals surface area contributed by atoms with E-state index in [0.29, 0.717) is 11.4 Å². The molecule has 7 nitrogen and oxygen atoms in total. The first-order chi connectivity index (χ1) is 12.5. The quantitative estimate of drug-likeness (QED) is 0.807. The zero-order chi connectivity index (χ0) is 20.4. The molecule has 0 aliphatic heterocycles. The predicted octanol–water partition coefficient (Wildman–Crippen LogP) is 3.85. The zero-order valence-electron chi connectivity index (χ0n) is 16.5. The van der Waals surface area contributed by atoms with Crippen molar-refractivity contribution in [3.8, 4) is 0 Å². The molecule has 27 heavy (non-hydrogen) atoms. The number of benzene rings is 1. The third-order valence-corrected chi connectivity index (χ3v) is 5.32. The van der Waals surface area contributed by atoms with E-state index in [-0.39, 0.29) is 16.9 Å². The van der Waals surface area contributed by atoms with Crippen molar-refractivity contribution in [1.82, 2.24) is 14.9 Å². The summed E-state index contributed by atoms with van der Waals surface area (Å²) in [6.45, 7) is 11.8. The first-order valence-corrected chi connectivity index (χ1v) is 10.3. The summed E-state index contributed by atoms with van der Waals surface area (Å²) in [7, 11) is -4.11. The summed E-state index contributed by atoms with van der Waals surface area (Å²) in [5.41, 5.74) is 4.24. The lowest BCUT2D eigenvalue weighted by atomic mass is 9.90. The Morgan fingerprint density at radius 3 is 1.96 bits per heavy atom. The highest BCUT2D eigenvalue weighted by Gasteiger charge is 2.22. The number of urea groups is 1. The summed E-state index contributed by atoms with van der Waals surface area (Å²) in [5, 5.41) is 9.78. The molecule has 0 saturated carbocycles. The van der Waals surface area contributed by atoms with Gasteiger partial charge in [-0.15, -0.1) is 5.10 Å². The van der Waals surface area contributed by atoms with Gasteiger partial charge in [0.15, 0.2) is 5.03 Å². The van der Waals surface area contributed by atoms with Crippen molar-refractivity contribution in [1.29, 1.82) is 0 Å². The van der Waals surface area contributed by atoms with E-state index in [0.717, 1.165) is 16.7 Å². The molecule has 1 aromatic carbocycles. The largest absolute Gasteiger partial charge is 0.333 e. The van der Waals surface area contributed by atoms with Crippen LogP contribution in [-0.2, 0) is 10.0 Å². The van der Waals surface area contributed by atoms with Crippen LogP contribution in [0.15, 0.2) is 29.3 Å². The number of carbonyl (C=O) groups excluding carboxylic acids is 1. The summed E-state index contributed by atoms with van der Waals surface area (Å²) in [6, 6.07) is 6.01. The highest BCUT2D eigenvalue weighted by Crippen LogP contribution is 2.33. The number of hydrogen-bond donors (Lipinski definition) is 2. The number of aryl methyl sites for hydroxylation is 2. The molecule has 1 aromatic heterocycles. The van der Waals surface area contributed by atoms with Crippen LogP contribution in [0.1, 0.15) is 61.9 Å². The Bertz CT molecular complexity index is 907. The normalized spacial score (nSPS) is 11.7. The fourth-order valence-electron chi connectivity index (χ4n) is 2.74. The third-order valence-electron chi connectivity index (χ3n) is 4.10. The van der Waals surface area contributed by atoms with Gasteiger partial charge in [0.05, 0.1) is 5.69 Å². The highest BCUT2D eigenvalue weighted by atomic mass is 32.2. The number of hydrogen-bond acceptors (Lipinski definition) is 5. The minimum absolute atomic E-state index is 0.164. The SMILES string of the molecule is Cc1cc(C(C)C)c(NC(=O)NS(=O)(=O)c2ccc(C)nn2)c(C(C)C)c1. The van der Waals surface area contributed by atoms with Crippen molar-refractivity contribution in [3.05, 3.63) is 46.6 Å². The second-order valence-corrected chi connectivity index (χ2v) is 8.83. The van der Waals surface area contributed by atoms with Gasteiger partial charge >= 0.3 is 6.03 Å². The molecular weight excluding hydrogens is 364 g/mol. The highest BCUT2D eigenvalue weighted by molar-refractivity contribution is 7.90. The van der Waals surface area contributed by atoms with Gasteiger partial charge < -0.3 is 5.32 Å². The third kappa shape index (κ3) is 5.03. The van der Waals surface area contributed by atoms with Crippen molar-refractivity contribution >= 4 is 21.7 Å². The maximum Gasteiger partial charge on any atom is 0.333 e. The Morgan fingerprint density at radius 1 is 0.963 bits per heavy atom. The van der Waals surface area contributed by atoms with Crippen molar-refractivity contribution in [3.63, 3.8) is 0 Å². The van der Waals surface area contributed by atoms with E-state index in [1.165, 1.54) is 12.1 Å². The van der Waals surface area contributed by atoms with Crippen LogP contribution in [0.4, 0.5) is 10.5 Å². The molecule has 2 aromatic rings. The number of rotatable bonds is 5. The van der Waals surface area contributed by atoms with Crippen molar-refractivity contribution in [2.24, 2.45) is 0 Å². The Balaban J connectivity index is 2.33. The van der Waals surface area contributed by atoms with Crippen LogP contribution in [0.5, 0.6) is 0 Å². The molecule has 0 radical (unpaired) electrons. The molecule has 0 atom stereocenters. The van der Waals surface area contributed by atoms with Crippen LogP contribution < -0.4 is 10.0 Å². The van der Waals surface area contributed by atoms with Crippen LogP contribution in [0.25, 0.3) is 0 Å². The summed E-state index contributed by atoms with van der Waals surface area (Å²) in [5.74, 6) is 0.328. The number of nitrogens with zero attached hydrogens (tertiary/aromatic N) is 2. The first kappa shape index (κ1) is 20.8. The maximum absolute atomic E-state index is 12.5. The Labute approximate surface area is 160 Å². The number of amides is 2. The van der Waals surface area contributed by atoms with Gasteiger partial charge in [-0.2, -0.15) is 13.5 Å².